The molecule has 0 aliphatic rings. The highest BCUT2D eigenvalue weighted by molar-refractivity contribution is 6.14. The molecule has 2 aromatic carbocycles. The zero-order valence-electron chi connectivity index (χ0n) is 13.2. The summed E-state index contributed by atoms with van der Waals surface area (Å²) >= 11 is 0. The van der Waals surface area contributed by atoms with Crippen LogP contribution in [0.15, 0.2) is 55.2 Å². The molecule has 3 rings (SSSR count). The van der Waals surface area contributed by atoms with Crippen molar-refractivity contribution < 1.29 is 9.90 Å². The van der Waals surface area contributed by atoms with Crippen molar-refractivity contribution in [2.75, 3.05) is 0 Å². The summed E-state index contributed by atoms with van der Waals surface area (Å²) in [5.41, 5.74) is 3.75. The molecule has 116 valence electrons. The van der Waals surface area contributed by atoms with Crippen molar-refractivity contribution in [2.45, 2.75) is 19.9 Å². The molecule has 0 fully saturated rings. The molecular weight excluding hydrogens is 288 g/mol. The molecule has 1 aromatic heterocycles. The van der Waals surface area contributed by atoms with Crippen LogP contribution >= 0.6 is 0 Å². The van der Waals surface area contributed by atoms with Gasteiger partial charge in [-0.25, -0.2) is 4.79 Å². The average molecular weight is 306 g/mol. The van der Waals surface area contributed by atoms with E-state index in [4.69, 9.17) is 5.11 Å². The highest BCUT2D eigenvalue weighted by Crippen LogP contribution is 2.26. The Morgan fingerprint density at radius 1 is 1.13 bits per heavy atom. The molecule has 3 aromatic rings. The molecular formula is C19H18N2O2. The Morgan fingerprint density at radius 2 is 1.78 bits per heavy atom. The maximum Gasteiger partial charge on any atom is 0.335 e. The van der Waals surface area contributed by atoms with Crippen LogP contribution in [0.1, 0.15) is 25.5 Å². The molecule has 4 heteroatoms. The molecule has 1 heterocycles. The van der Waals surface area contributed by atoms with Crippen LogP contribution in [0.25, 0.3) is 27.6 Å². The van der Waals surface area contributed by atoms with Gasteiger partial charge in [0.25, 0.3) is 0 Å². The lowest BCUT2D eigenvalue weighted by atomic mass is 10.0. The maximum atomic E-state index is 10.9. The molecule has 23 heavy (non-hydrogen) atoms. The highest BCUT2D eigenvalue weighted by atomic mass is 16.4. The Kier molecular flexibility index (Phi) is 3.74. The fraction of sp³-hybridized carbons (Fsp3) is 0.158. The summed E-state index contributed by atoms with van der Waals surface area (Å²) in [6.45, 7) is 7.77. The van der Waals surface area contributed by atoms with Gasteiger partial charge in [0.05, 0.1) is 11.1 Å². The van der Waals surface area contributed by atoms with Crippen LogP contribution in [0.2, 0.25) is 0 Å². The van der Waals surface area contributed by atoms with Gasteiger partial charge in [-0.2, -0.15) is 5.10 Å². The van der Waals surface area contributed by atoms with Gasteiger partial charge >= 0.3 is 5.97 Å². The number of benzene rings is 2. The van der Waals surface area contributed by atoms with Gasteiger partial charge in [-0.3, -0.25) is 4.68 Å². The Labute approximate surface area is 134 Å². The molecule has 0 amide bonds. The molecule has 4 nitrogen and oxygen atoms in total. The Hall–Kier alpha value is -2.88. The largest absolute Gasteiger partial charge is 0.478 e. The lowest BCUT2D eigenvalue weighted by Gasteiger charge is -2.04. The number of carbonyl (C=O) groups is 1. The van der Waals surface area contributed by atoms with Crippen LogP contribution in [-0.4, -0.2) is 20.9 Å². The third kappa shape index (κ3) is 2.88. The Morgan fingerprint density at radius 3 is 2.39 bits per heavy atom. The number of carboxylic acid groups (broad SMARTS) is 1. The second-order valence-electron chi connectivity index (χ2n) is 5.84. The summed E-state index contributed by atoms with van der Waals surface area (Å²) < 4.78 is 1.95. The molecule has 0 aliphatic carbocycles. The number of aromatic nitrogens is 2. The van der Waals surface area contributed by atoms with E-state index in [-0.39, 0.29) is 5.57 Å². The van der Waals surface area contributed by atoms with Crippen LogP contribution < -0.4 is 0 Å². The zero-order chi connectivity index (χ0) is 16.6. The number of nitrogens with zero attached hydrogens (tertiary/aromatic N) is 2. The molecule has 0 aliphatic heterocycles. The van der Waals surface area contributed by atoms with E-state index in [0.717, 1.165) is 22.0 Å². The van der Waals surface area contributed by atoms with Gasteiger partial charge in [0.1, 0.15) is 0 Å². The van der Waals surface area contributed by atoms with Crippen LogP contribution in [0.4, 0.5) is 0 Å². The van der Waals surface area contributed by atoms with Crippen molar-refractivity contribution in [1.82, 2.24) is 9.78 Å². The van der Waals surface area contributed by atoms with Crippen molar-refractivity contribution >= 4 is 22.4 Å². The molecule has 0 atom stereocenters. The molecule has 0 spiro atoms. The van der Waals surface area contributed by atoms with Gasteiger partial charge in [0.15, 0.2) is 0 Å². The lowest BCUT2D eigenvalue weighted by Crippen LogP contribution is -1.99. The monoisotopic (exact) mass is 306 g/mol. The van der Waals surface area contributed by atoms with E-state index in [0.29, 0.717) is 11.6 Å². The quantitative estimate of drug-likeness (QED) is 0.728. The molecule has 0 unspecified atom stereocenters. The lowest BCUT2D eigenvalue weighted by molar-refractivity contribution is -0.130. The first-order valence-electron chi connectivity index (χ1n) is 7.47. The summed E-state index contributed by atoms with van der Waals surface area (Å²) in [5.74, 6) is -1.00. The van der Waals surface area contributed by atoms with Gasteiger partial charge < -0.3 is 5.11 Å². The molecule has 0 radical (unpaired) electrons. The van der Waals surface area contributed by atoms with Crippen LogP contribution in [-0.2, 0) is 4.79 Å². The first-order chi connectivity index (χ1) is 11.0. The molecule has 0 bridgehead atoms. The van der Waals surface area contributed by atoms with Gasteiger partial charge in [-0.05, 0) is 36.6 Å². The second-order valence-corrected chi connectivity index (χ2v) is 5.84. The van der Waals surface area contributed by atoms with Crippen LogP contribution in [0.5, 0.6) is 0 Å². The topological polar surface area (TPSA) is 55.1 Å². The first kappa shape index (κ1) is 15.0. The Bertz CT molecular complexity index is 889. The van der Waals surface area contributed by atoms with Gasteiger partial charge in [-0.1, -0.05) is 43.0 Å². The van der Waals surface area contributed by atoms with Gasteiger partial charge in [0, 0.05) is 17.6 Å². The van der Waals surface area contributed by atoms with E-state index in [1.54, 1.807) is 12.1 Å². The summed E-state index contributed by atoms with van der Waals surface area (Å²) in [7, 11) is 0. The molecule has 0 saturated heterocycles. The van der Waals surface area contributed by atoms with Crippen molar-refractivity contribution in [3.05, 3.63) is 60.8 Å². The number of hydrogen-bond donors (Lipinski definition) is 1. The highest BCUT2D eigenvalue weighted by Gasteiger charge is 2.08. The molecule has 1 N–H and O–H groups in total. The Balaban J connectivity index is 1.96. The van der Waals surface area contributed by atoms with Crippen molar-refractivity contribution in [1.29, 1.82) is 0 Å². The SMILES string of the molecule is C=C(C(=O)O)c1ccc(-c2ccc3cn(C(C)C)nc3c2)cc1. The minimum Gasteiger partial charge on any atom is -0.478 e. The summed E-state index contributed by atoms with van der Waals surface area (Å²) in [6, 6.07) is 13.9. The summed E-state index contributed by atoms with van der Waals surface area (Å²) in [5, 5.41) is 14.7. The molecule has 0 saturated carbocycles. The standard InChI is InChI=1S/C19H18N2O2/c1-12(2)21-11-17-9-8-16(10-18(17)20-21)15-6-4-14(5-7-15)13(3)19(22)23/h4-12H,3H2,1-2H3,(H,22,23). The van der Waals surface area contributed by atoms with E-state index in [1.165, 1.54) is 0 Å². The minimum absolute atomic E-state index is 0.0997. The number of aliphatic carboxylic acids is 1. The average Bonchev–Trinajstić information content (AvgIpc) is 2.97. The van der Waals surface area contributed by atoms with E-state index < -0.39 is 5.97 Å². The predicted octanol–water partition coefficient (Wildman–Crippen LogP) is 4.38. The van der Waals surface area contributed by atoms with Gasteiger partial charge in [-0.15, -0.1) is 0 Å². The smallest absolute Gasteiger partial charge is 0.335 e. The van der Waals surface area contributed by atoms with Gasteiger partial charge in [0.2, 0.25) is 0 Å². The van der Waals surface area contributed by atoms with E-state index in [1.807, 2.05) is 23.0 Å². The van der Waals surface area contributed by atoms with Crippen LogP contribution in [0, 0.1) is 0 Å². The van der Waals surface area contributed by atoms with E-state index >= 15 is 0 Å². The second kappa shape index (κ2) is 5.72. The fourth-order valence-electron chi connectivity index (χ4n) is 2.47. The normalized spacial score (nSPS) is 11.1. The van der Waals surface area contributed by atoms with Crippen molar-refractivity contribution in [3.8, 4) is 11.1 Å². The number of fused-ring (bicyclic) bond motifs is 1. The minimum atomic E-state index is -1.00. The first-order valence-corrected chi connectivity index (χ1v) is 7.47. The predicted molar refractivity (Wildman–Crippen MR) is 92.2 cm³/mol. The van der Waals surface area contributed by atoms with E-state index in [9.17, 15) is 4.79 Å². The van der Waals surface area contributed by atoms with Crippen molar-refractivity contribution in [3.63, 3.8) is 0 Å². The third-order valence-electron chi connectivity index (χ3n) is 3.88. The summed E-state index contributed by atoms with van der Waals surface area (Å²) in [6.07, 6.45) is 2.05. The number of carboxylic acids is 1. The summed E-state index contributed by atoms with van der Waals surface area (Å²) in [4.78, 5) is 10.9. The fourth-order valence-corrected chi connectivity index (χ4v) is 2.47. The van der Waals surface area contributed by atoms with E-state index in [2.05, 4.69) is 43.7 Å². The number of hydrogen-bond acceptors (Lipinski definition) is 2. The number of rotatable bonds is 4. The third-order valence-corrected chi connectivity index (χ3v) is 3.88. The van der Waals surface area contributed by atoms with Crippen molar-refractivity contribution in [2.24, 2.45) is 0 Å². The van der Waals surface area contributed by atoms with Crippen LogP contribution in [0.3, 0.4) is 0 Å². The zero-order valence-corrected chi connectivity index (χ0v) is 13.2. The maximum absolute atomic E-state index is 10.9.